The number of carbonyl (C=O) groups is 2. The summed E-state index contributed by atoms with van der Waals surface area (Å²) in [5.41, 5.74) is 2.25. The number of aryl methyl sites for hydroxylation is 1. The average Bonchev–Trinajstić information content (AvgIpc) is 3.45. The van der Waals surface area contributed by atoms with E-state index in [4.69, 9.17) is 4.74 Å². The van der Waals surface area contributed by atoms with Crippen LogP contribution in [0.15, 0.2) is 35.7 Å². The van der Waals surface area contributed by atoms with Gasteiger partial charge in [-0.1, -0.05) is 18.2 Å². The van der Waals surface area contributed by atoms with Crippen LogP contribution >= 0.6 is 11.3 Å². The van der Waals surface area contributed by atoms with E-state index < -0.39 is 0 Å². The van der Waals surface area contributed by atoms with E-state index in [9.17, 15) is 9.59 Å². The highest BCUT2D eigenvalue weighted by Gasteiger charge is 2.35. The van der Waals surface area contributed by atoms with E-state index in [-0.39, 0.29) is 24.5 Å². The first-order valence-electron chi connectivity index (χ1n) is 11.1. The zero-order chi connectivity index (χ0) is 21.8. The number of amides is 3. The third kappa shape index (κ3) is 5.21. The highest BCUT2D eigenvalue weighted by molar-refractivity contribution is 7.10. The Hall–Kier alpha value is -2.54. The number of thiophene rings is 1. The van der Waals surface area contributed by atoms with Crippen LogP contribution in [0.2, 0.25) is 0 Å². The van der Waals surface area contributed by atoms with Gasteiger partial charge in [0.25, 0.3) is 0 Å². The lowest BCUT2D eigenvalue weighted by molar-refractivity contribution is -0.135. The summed E-state index contributed by atoms with van der Waals surface area (Å²) in [4.78, 5) is 30.8. The first kappa shape index (κ1) is 21.7. The van der Waals surface area contributed by atoms with Crippen molar-refractivity contribution in [3.63, 3.8) is 0 Å². The SMILES string of the molecule is CCNC(=O)N(CC(=O)N1CCc2sccc2C1COc1ccccc1C)CC1CC1. The monoisotopic (exact) mass is 441 g/mol. The second kappa shape index (κ2) is 9.73. The predicted molar refractivity (Wildman–Crippen MR) is 123 cm³/mol. The van der Waals surface area contributed by atoms with E-state index in [0.29, 0.717) is 32.2 Å². The van der Waals surface area contributed by atoms with E-state index in [1.54, 1.807) is 16.2 Å². The molecule has 6 nitrogen and oxygen atoms in total. The van der Waals surface area contributed by atoms with E-state index in [2.05, 4.69) is 16.8 Å². The maximum absolute atomic E-state index is 13.4. The van der Waals surface area contributed by atoms with Gasteiger partial charge in [-0.2, -0.15) is 0 Å². The number of carbonyl (C=O) groups excluding carboxylic acids is 2. The van der Waals surface area contributed by atoms with Gasteiger partial charge < -0.3 is 19.9 Å². The normalized spacial score (nSPS) is 17.7. The minimum atomic E-state index is -0.149. The maximum atomic E-state index is 13.4. The number of nitrogens with zero attached hydrogens (tertiary/aromatic N) is 2. The third-order valence-electron chi connectivity index (χ3n) is 6.02. The molecule has 1 N–H and O–H groups in total. The summed E-state index contributed by atoms with van der Waals surface area (Å²) in [6, 6.07) is 9.76. The molecule has 0 saturated heterocycles. The lowest BCUT2D eigenvalue weighted by Gasteiger charge is -2.37. The van der Waals surface area contributed by atoms with E-state index >= 15 is 0 Å². The standard InChI is InChI=1S/C24H31N3O3S/c1-3-25-24(29)26(14-18-8-9-18)15-23(28)27-12-10-22-19(11-13-31-22)20(27)16-30-21-7-5-4-6-17(21)2/h4-7,11,13,18,20H,3,8-10,12,14-16H2,1-2H3,(H,25,29). The lowest BCUT2D eigenvalue weighted by atomic mass is 10.0. The van der Waals surface area contributed by atoms with Gasteiger partial charge in [-0.05, 0) is 67.7 Å². The molecular formula is C24H31N3O3S. The number of hydrogen-bond donors (Lipinski definition) is 1. The van der Waals surface area contributed by atoms with Crippen LogP contribution in [0.25, 0.3) is 0 Å². The molecule has 2 heterocycles. The molecule has 1 aromatic carbocycles. The number of hydrogen-bond acceptors (Lipinski definition) is 4. The Balaban J connectivity index is 1.49. The second-order valence-electron chi connectivity index (χ2n) is 8.39. The van der Waals surface area contributed by atoms with Crippen molar-refractivity contribution in [2.24, 2.45) is 5.92 Å². The Morgan fingerprint density at radius 2 is 2.06 bits per heavy atom. The van der Waals surface area contributed by atoms with Gasteiger partial charge in [0.2, 0.25) is 5.91 Å². The predicted octanol–water partition coefficient (Wildman–Crippen LogP) is 4.00. The van der Waals surface area contributed by atoms with Gasteiger partial charge in [0.15, 0.2) is 0 Å². The van der Waals surface area contributed by atoms with Crippen LogP contribution in [0.4, 0.5) is 4.79 Å². The van der Waals surface area contributed by atoms with Crippen LogP contribution < -0.4 is 10.1 Å². The molecule has 1 atom stereocenters. The molecule has 31 heavy (non-hydrogen) atoms. The summed E-state index contributed by atoms with van der Waals surface area (Å²) >= 11 is 1.74. The topological polar surface area (TPSA) is 61.9 Å². The molecule has 2 aromatic rings. The Morgan fingerprint density at radius 3 is 2.81 bits per heavy atom. The van der Waals surface area contributed by atoms with Gasteiger partial charge in [0.05, 0.1) is 6.04 Å². The number of fused-ring (bicyclic) bond motifs is 1. The lowest BCUT2D eigenvalue weighted by Crippen LogP contribution is -2.50. The molecule has 0 radical (unpaired) electrons. The van der Waals surface area contributed by atoms with Gasteiger partial charge in [-0.25, -0.2) is 4.79 Å². The quantitative estimate of drug-likeness (QED) is 0.674. The van der Waals surface area contributed by atoms with E-state index in [1.807, 2.05) is 43.0 Å². The molecule has 1 unspecified atom stereocenters. The third-order valence-corrected chi connectivity index (χ3v) is 7.02. The van der Waals surface area contributed by atoms with Crippen molar-refractivity contribution in [1.82, 2.24) is 15.1 Å². The molecule has 4 rings (SSSR count). The van der Waals surface area contributed by atoms with Crippen LogP contribution in [-0.2, 0) is 11.2 Å². The number of ether oxygens (including phenoxy) is 1. The van der Waals surface area contributed by atoms with Crippen molar-refractivity contribution < 1.29 is 14.3 Å². The number of para-hydroxylation sites is 1. The molecule has 166 valence electrons. The average molecular weight is 442 g/mol. The van der Waals surface area contributed by atoms with Crippen molar-refractivity contribution in [3.05, 3.63) is 51.7 Å². The number of benzene rings is 1. The smallest absolute Gasteiger partial charge is 0.317 e. The first-order chi connectivity index (χ1) is 15.1. The molecule has 2 aliphatic rings. The Kier molecular flexibility index (Phi) is 6.80. The summed E-state index contributed by atoms with van der Waals surface area (Å²) in [5, 5.41) is 4.95. The highest BCUT2D eigenvalue weighted by Crippen LogP contribution is 2.35. The van der Waals surface area contributed by atoms with Crippen LogP contribution in [0.3, 0.4) is 0 Å². The van der Waals surface area contributed by atoms with Gasteiger partial charge in [-0.3, -0.25) is 4.79 Å². The fraction of sp³-hybridized carbons (Fsp3) is 0.500. The zero-order valence-corrected chi connectivity index (χ0v) is 19.1. The highest BCUT2D eigenvalue weighted by atomic mass is 32.1. The second-order valence-corrected chi connectivity index (χ2v) is 9.39. The summed E-state index contributed by atoms with van der Waals surface area (Å²) in [7, 11) is 0. The fourth-order valence-corrected chi connectivity index (χ4v) is 5.04. The van der Waals surface area contributed by atoms with Gasteiger partial charge in [0.1, 0.15) is 18.9 Å². The number of rotatable bonds is 8. The van der Waals surface area contributed by atoms with Crippen molar-refractivity contribution in [3.8, 4) is 5.75 Å². The van der Waals surface area contributed by atoms with Crippen molar-refractivity contribution in [2.75, 3.05) is 32.8 Å². The van der Waals surface area contributed by atoms with Crippen molar-refractivity contribution in [1.29, 1.82) is 0 Å². The van der Waals surface area contributed by atoms with Gasteiger partial charge in [-0.15, -0.1) is 11.3 Å². The molecule has 7 heteroatoms. The molecule has 1 aliphatic carbocycles. The molecule has 3 amide bonds. The molecule has 1 fully saturated rings. The summed E-state index contributed by atoms with van der Waals surface area (Å²) in [5.74, 6) is 1.36. The Morgan fingerprint density at radius 1 is 1.26 bits per heavy atom. The van der Waals surface area contributed by atoms with Crippen molar-refractivity contribution in [2.45, 2.75) is 39.2 Å². The molecular weight excluding hydrogens is 410 g/mol. The minimum Gasteiger partial charge on any atom is -0.491 e. The summed E-state index contributed by atoms with van der Waals surface area (Å²) < 4.78 is 6.17. The van der Waals surface area contributed by atoms with E-state index in [1.165, 1.54) is 10.4 Å². The molecule has 1 aromatic heterocycles. The number of nitrogens with one attached hydrogen (secondary N) is 1. The van der Waals surface area contributed by atoms with Gasteiger partial charge >= 0.3 is 6.03 Å². The molecule has 0 bridgehead atoms. The minimum absolute atomic E-state index is 0.0119. The Labute approximate surface area is 188 Å². The molecule has 0 spiro atoms. The summed E-state index contributed by atoms with van der Waals surface area (Å²) in [6.45, 7) is 6.31. The van der Waals surface area contributed by atoms with Crippen LogP contribution in [-0.4, -0.2) is 54.5 Å². The molecule has 1 aliphatic heterocycles. The fourth-order valence-electron chi connectivity index (χ4n) is 4.11. The van der Waals surface area contributed by atoms with Crippen molar-refractivity contribution >= 4 is 23.3 Å². The van der Waals surface area contributed by atoms with Crippen LogP contribution in [0.1, 0.15) is 41.8 Å². The Bertz CT molecular complexity index is 924. The van der Waals surface area contributed by atoms with Crippen LogP contribution in [0.5, 0.6) is 5.75 Å². The summed E-state index contributed by atoms with van der Waals surface area (Å²) in [6.07, 6.45) is 3.13. The largest absolute Gasteiger partial charge is 0.491 e. The van der Waals surface area contributed by atoms with E-state index in [0.717, 1.165) is 30.6 Å². The first-order valence-corrected chi connectivity index (χ1v) is 12.0. The molecule has 1 saturated carbocycles. The number of urea groups is 1. The van der Waals surface area contributed by atoms with Crippen LogP contribution in [0, 0.1) is 12.8 Å². The van der Waals surface area contributed by atoms with Gasteiger partial charge in [0, 0.05) is 24.5 Å². The maximum Gasteiger partial charge on any atom is 0.317 e. The zero-order valence-electron chi connectivity index (χ0n) is 18.3.